The van der Waals surface area contributed by atoms with Gasteiger partial charge in [-0.2, -0.15) is 0 Å². The van der Waals surface area contributed by atoms with Gasteiger partial charge in [-0.25, -0.2) is 14.4 Å². The monoisotopic (exact) mass is 428 g/mol. The molecule has 1 heterocycles. The molecule has 0 aliphatic heterocycles. The summed E-state index contributed by atoms with van der Waals surface area (Å²) in [5.74, 6) is 0.217. The summed E-state index contributed by atoms with van der Waals surface area (Å²) >= 11 is 13.1. The van der Waals surface area contributed by atoms with Crippen LogP contribution in [0.3, 0.4) is 0 Å². The topological polar surface area (TPSA) is 25.8 Å². The Morgan fingerprint density at radius 2 is 1.86 bits per heavy atom. The van der Waals surface area contributed by atoms with Crippen LogP contribution in [0.1, 0.15) is 5.56 Å². The summed E-state index contributed by atoms with van der Waals surface area (Å²) < 4.78 is 15.1. The number of fused-ring (bicyclic) bond motifs is 1. The molecule has 0 aliphatic rings. The maximum Gasteiger partial charge on any atom is 0.161 e. The number of aryl methyl sites for hydroxylation is 1. The van der Waals surface area contributed by atoms with Crippen molar-refractivity contribution in [1.82, 2.24) is 9.97 Å². The van der Waals surface area contributed by atoms with Crippen LogP contribution >= 0.6 is 43.5 Å². The van der Waals surface area contributed by atoms with E-state index in [4.69, 9.17) is 11.6 Å². The fourth-order valence-electron chi connectivity index (χ4n) is 2.03. The first-order chi connectivity index (χ1) is 9.95. The maximum absolute atomic E-state index is 13.4. The van der Waals surface area contributed by atoms with Crippen molar-refractivity contribution in [2.75, 3.05) is 0 Å². The standard InChI is InChI=1S/C15H8Br2ClFN2/c1-7-4-8(2-3-12(7)19)15-20-13-10(14(18)21-15)5-9(16)6-11(13)17/h2-6H,1H3. The molecule has 0 saturated heterocycles. The van der Waals surface area contributed by atoms with Crippen LogP contribution < -0.4 is 0 Å². The van der Waals surface area contributed by atoms with Crippen LogP contribution in [0.5, 0.6) is 0 Å². The summed E-state index contributed by atoms with van der Waals surface area (Å²) in [4.78, 5) is 8.85. The third-order valence-electron chi connectivity index (χ3n) is 3.09. The molecule has 0 fully saturated rings. The molecular formula is C15H8Br2ClFN2. The Bertz CT molecular complexity index is 868. The van der Waals surface area contributed by atoms with Gasteiger partial charge >= 0.3 is 0 Å². The first-order valence-electron chi connectivity index (χ1n) is 6.04. The smallest absolute Gasteiger partial charge is 0.161 e. The van der Waals surface area contributed by atoms with Crippen LogP contribution in [-0.2, 0) is 0 Å². The molecular weight excluding hydrogens is 422 g/mol. The lowest BCUT2D eigenvalue weighted by molar-refractivity contribution is 0.618. The summed E-state index contributed by atoms with van der Waals surface area (Å²) in [6, 6.07) is 8.52. The van der Waals surface area contributed by atoms with Gasteiger partial charge in [-0.05, 0) is 58.7 Å². The molecule has 3 rings (SSSR count). The molecule has 0 unspecified atom stereocenters. The summed E-state index contributed by atoms with van der Waals surface area (Å²) in [7, 11) is 0. The lowest BCUT2D eigenvalue weighted by Gasteiger charge is -2.08. The van der Waals surface area contributed by atoms with E-state index >= 15 is 0 Å². The van der Waals surface area contributed by atoms with Gasteiger partial charge in [0.15, 0.2) is 5.82 Å². The first-order valence-corrected chi connectivity index (χ1v) is 8.01. The van der Waals surface area contributed by atoms with Gasteiger partial charge in [-0.15, -0.1) is 0 Å². The molecule has 0 amide bonds. The zero-order chi connectivity index (χ0) is 15.1. The molecule has 21 heavy (non-hydrogen) atoms. The Hall–Kier alpha value is -1.04. The number of halogens is 4. The molecule has 0 saturated carbocycles. The largest absolute Gasteiger partial charge is 0.227 e. The lowest BCUT2D eigenvalue weighted by Crippen LogP contribution is -1.94. The minimum Gasteiger partial charge on any atom is -0.227 e. The molecule has 0 spiro atoms. The number of aromatic nitrogens is 2. The van der Waals surface area contributed by atoms with E-state index in [9.17, 15) is 4.39 Å². The highest BCUT2D eigenvalue weighted by molar-refractivity contribution is 9.11. The molecule has 2 nitrogen and oxygen atoms in total. The molecule has 0 radical (unpaired) electrons. The molecule has 2 aromatic carbocycles. The lowest BCUT2D eigenvalue weighted by atomic mass is 10.1. The highest BCUT2D eigenvalue weighted by atomic mass is 79.9. The third kappa shape index (κ3) is 2.82. The zero-order valence-corrected chi connectivity index (χ0v) is 14.7. The fraction of sp³-hybridized carbons (Fsp3) is 0.0667. The van der Waals surface area contributed by atoms with Gasteiger partial charge in [0.05, 0.1) is 5.52 Å². The minimum atomic E-state index is -0.254. The van der Waals surface area contributed by atoms with Crippen LogP contribution in [0.15, 0.2) is 39.3 Å². The van der Waals surface area contributed by atoms with Crippen LogP contribution in [0, 0.1) is 12.7 Å². The fourth-order valence-corrected chi connectivity index (χ4v) is 3.57. The quantitative estimate of drug-likeness (QED) is 0.448. The third-order valence-corrected chi connectivity index (χ3v) is 4.44. The Morgan fingerprint density at radius 3 is 2.57 bits per heavy atom. The van der Waals surface area contributed by atoms with Crippen molar-refractivity contribution in [3.05, 3.63) is 55.8 Å². The number of nitrogens with zero attached hydrogens (tertiary/aromatic N) is 2. The first kappa shape index (κ1) is 14.9. The molecule has 106 valence electrons. The molecule has 1 aromatic heterocycles. The van der Waals surface area contributed by atoms with Crippen molar-refractivity contribution in [3.8, 4) is 11.4 Å². The molecule has 0 aliphatic carbocycles. The average molecular weight is 431 g/mol. The van der Waals surface area contributed by atoms with Crippen molar-refractivity contribution in [2.24, 2.45) is 0 Å². The summed E-state index contributed by atoms with van der Waals surface area (Å²) in [5.41, 5.74) is 1.99. The van der Waals surface area contributed by atoms with Crippen molar-refractivity contribution >= 4 is 54.4 Å². The van der Waals surface area contributed by atoms with Crippen LogP contribution in [0.4, 0.5) is 4.39 Å². The van der Waals surface area contributed by atoms with E-state index in [-0.39, 0.29) is 5.82 Å². The SMILES string of the molecule is Cc1cc(-c2nc(Cl)c3cc(Br)cc(Br)c3n2)ccc1F. The Labute approximate surface area is 142 Å². The second-order valence-corrected chi connectivity index (χ2v) is 6.71. The van der Waals surface area contributed by atoms with Crippen LogP contribution in [-0.4, -0.2) is 9.97 Å². The second-order valence-electron chi connectivity index (χ2n) is 4.59. The van der Waals surface area contributed by atoms with E-state index in [1.54, 1.807) is 19.1 Å². The second kappa shape index (κ2) is 5.63. The maximum atomic E-state index is 13.4. The van der Waals surface area contributed by atoms with E-state index in [0.717, 1.165) is 25.4 Å². The molecule has 3 aromatic rings. The molecule has 0 N–H and O–H groups in total. The van der Waals surface area contributed by atoms with Crippen LogP contribution in [0.2, 0.25) is 5.15 Å². The average Bonchev–Trinajstić information content (AvgIpc) is 2.43. The highest BCUT2D eigenvalue weighted by Gasteiger charge is 2.12. The normalized spacial score (nSPS) is 11.1. The van der Waals surface area contributed by atoms with E-state index in [0.29, 0.717) is 16.5 Å². The van der Waals surface area contributed by atoms with E-state index in [1.165, 1.54) is 6.07 Å². The number of hydrogen-bond donors (Lipinski definition) is 0. The predicted molar refractivity (Wildman–Crippen MR) is 90.1 cm³/mol. The number of hydrogen-bond acceptors (Lipinski definition) is 2. The van der Waals surface area contributed by atoms with E-state index in [1.807, 2.05) is 12.1 Å². The van der Waals surface area contributed by atoms with Gasteiger partial charge in [0.25, 0.3) is 0 Å². The van der Waals surface area contributed by atoms with Crippen molar-refractivity contribution in [3.63, 3.8) is 0 Å². The van der Waals surface area contributed by atoms with Crippen molar-refractivity contribution in [2.45, 2.75) is 6.92 Å². The van der Waals surface area contributed by atoms with Gasteiger partial charge in [0, 0.05) is 19.9 Å². The summed E-state index contributed by atoms with van der Waals surface area (Å²) in [5, 5.41) is 1.11. The van der Waals surface area contributed by atoms with Crippen LogP contribution in [0.25, 0.3) is 22.3 Å². The Balaban J connectivity index is 2.27. The van der Waals surface area contributed by atoms with Gasteiger partial charge in [-0.1, -0.05) is 27.5 Å². The molecule has 0 atom stereocenters. The van der Waals surface area contributed by atoms with E-state index in [2.05, 4.69) is 41.8 Å². The van der Waals surface area contributed by atoms with Crippen molar-refractivity contribution < 1.29 is 4.39 Å². The summed E-state index contributed by atoms with van der Waals surface area (Å²) in [6.45, 7) is 1.70. The highest BCUT2D eigenvalue weighted by Crippen LogP contribution is 2.32. The minimum absolute atomic E-state index is 0.254. The Morgan fingerprint density at radius 1 is 1.10 bits per heavy atom. The predicted octanol–water partition coefficient (Wildman–Crippen LogP) is 5.92. The van der Waals surface area contributed by atoms with E-state index < -0.39 is 0 Å². The Kier molecular flexibility index (Phi) is 3.99. The van der Waals surface area contributed by atoms with Gasteiger partial charge in [0.1, 0.15) is 11.0 Å². The van der Waals surface area contributed by atoms with Gasteiger partial charge in [-0.3, -0.25) is 0 Å². The number of benzene rings is 2. The zero-order valence-electron chi connectivity index (χ0n) is 10.8. The van der Waals surface area contributed by atoms with Gasteiger partial charge in [0.2, 0.25) is 0 Å². The van der Waals surface area contributed by atoms with Crippen molar-refractivity contribution in [1.29, 1.82) is 0 Å². The molecule has 0 bridgehead atoms. The summed E-state index contributed by atoms with van der Waals surface area (Å²) in [6.07, 6.45) is 0. The number of rotatable bonds is 1. The van der Waals surface area contributed by atoms with Gasteiger partial charge < -0.3 is 0 Å². The molecule has 6 heteroatoms.